The van der Waals surface area contributed by atoms with Crippen molar-refractivity contribution >= 4 is 11.3 Å². The van der Waals surface area contributed by atoms with Gasteiger partial charge < -0.3 is 5.32 Å². The number of rotatable bonds is 6. The first-order valence-corrected chi connectivity index (χ1v) is 7.74. The molecule has 1 aromatic rings. The number of nitrogens with one attached hydrogen (secondary N) is 1. The largest absolute Gasteiger partial charge is 0.313 e. The van der Waals surface area contributed by atoms with Gasteiger partial charge in [-0.1, -0.05) is 19.9 Å². The molecule has 0 radical (unpaired) electrons. The van der Waals surface area contributed by atoms with E-state index in [4.69, 9.17) is 0 Å². The quantitative estimate of drug-likeness (QED) is 0.836. The maximum absolute atomic E-state index is 3.61. The van der Waals surface area contributed by atoms with E-state index in [2.05, 4.69) is 41.6 Å². The second-order valence-corrected chi connectivity index (χ2v) is 5.80. The molecular formula is C14H24N2S. The fourth-order valence-corrected chi connectivity index (χ4v) is 3.74. The Labute approximate surface area is 109 Å². The second kappa shape index (κ2) is 6.53. The van der Waals surface area contributed by atoms with Gasteiger partial charge in [0, 0.05) is 23.5 Å². The smallest absolute Gasteiger partial charge is 0.0439 e. The highest BCUT2D eigenvalue weighted by Gasteiger charge is 2.23. The minimum atomic E-state index is 0.613. The molecule has 96 valence electrons. The molecule has 0 aromatic carbocycles. The van der Waals surface area contributed by atoms with E-state index in [0.717, 1.165) is 6.54 Å². The Balaban J connectivity index is 1.99. The van der Waals surface area contributed by atoms with Crippen LogP contribution >= 0.6 is 11.3 Å². The molecule has 2 atom stereocenters. The van der Waals surface area contributed by atoms with Crippen LogP contribution in [0.15, 0.2) is 17.5 Å². The zero-order valence-electron chi connectivity index (χ0n) is 11.0. The summed E-state index contributed by atoms with van der Waals surface area (Å²) >= 11 is 1.90. The Hall–Kier alpha value is -0.380. The predicted octanol–water partition coefficient (Wildman–Crippen LogP) is 3.27. The first-order valence-electron chi connectivity index (χ1n) is 6.86. The highest BCUT2D eigenvalue weighted by Crippen LogP contribution is 2.28. The van der Waals surface area contributed by atoms with E-state index >= 15 is 0 Å². The number of thiophene rings is 1. The monoisotopic (exact) mass is 252 g/mol. The van der Waals surface area contributed by atoms with Crippen LogP contribution in [-0.4, -0.2) is 30.6 Å². The summed E-state index contributed by atoms with van der Waals surface area (Å²) in [6, 6.07) is 5.78. The maximum Gasteiger partial charge on any atom is 0.0439 e. The second-order valence-electron chi connectivity index (χ2n) is 4.82. The molecule has 17 heavy (non-hydrogen) atoms. The van der Waals surface area contributed by atoms with Gasteiger partial charge in [-0.2, -0.15) is 0 Å². The first kappa shape index (κ1) is 13.1. The van der Waals surface area contributed by atoms with Gasteiger partial charge in [0.25, 0.3) is 0 Å². The summed E-state index contributed by atoms with van der Waals surface area (Å²) in [5.41, 5.74) is 0. The van der Waals surface area contributed by atoms with E-state index in [1.165, 1.54) is 37.2 Å². The van der Waals surface area contributed by atoms with E-state index in [9.17, 15) is 0 Å². The highest BCUT2D eigenvalue weighted by molar-refractivity contribution is 7.10. The van der Waals surface area contributed by atoms with Gasteiger partial charge in [-0.15, -0.1) is 11.3 Å². The van der Waals surface area contributed by atoms with Crippen LogP contribution in [0.3, 0.4) is 0 Å². The van der Waals surface area contributed by atoms with Crippen molar-refractivity contribution in [2.24, 2.45) is 0 Å². The van der Waals surface area contributed by atoms with Crippen molar-refractivity contribution in [3.05, 3.63) is 22.4 Å². The maximum atomic E-state index is 3.61. The Kier molecular flexibility index (Phi) is 5.01. The Morgan fingerprint density at radius 3 is 2.94 bits per heavy atom. The zero-order chi connectivity index (χ0) is 12.1. The Morgan fingerprint density at radius 1 is 1.53 bits per heavy atom. The van der Waals surface area contributed by atoms with Gasteiger partial charge in [0.15, 0.2) is 0 Å². The summed E-state index contributed by atoms with van der Waals surface area (Å²) in [5.74, 6) is 0. The van der Waals surface area contributed by atoms with Gasteiger partial charge in [0.05, 0.1) is 0 Å². The van der Waals surface area contributed by atoms with Gasteiger partial charge in [-0.05, 0) is 43.8 Å². The number of hydrogen-bond acceptors (Lipinski definition) is 3. The average molecular weight is 252 g/mol. The third-order valence-electron chi connectivity index (χ3n) is 3.72. The molecule has 0 bridgehead atoms. The Bertz CT molecular complexity index is 304. The molecule has 0 spiro atoms. The third kappa shape index (κ3) is 3.30. The Morgan fingerprint density at radius 2 is 2.41 bits per heavy atom. The van der Waals surface area contributed by atoms with E-state index in [1.54, 1.807) is 0 Å². The van der Waals surface area contributed by atoms with Crippen LogP contribution < -0.4 is 5.32 Å². The van der Waals surface area contributed by atoms with Crippen molar-refractivity contribution in [3.63, 3.8) is 0 Å². The molecule has 1 saturated heterocycles. The minimum Gasteiger partial charge on any atom is -0.313 e. The molecule has 1 aliphatic rings. The standard InChI is InChI=1S/C14H24N2S/c1-3-13(14-8-6-10-17-14)16(4-2)11-12-7-5-9-15-12/h6,8,10,12-13,15H,3-5,7,9,11H2,1-2H3. The van der Waals surface area contributed by atoms with Crippen LogP contribution in [0.4, 0.5) is 0 Å². The molecule has 3 heteroatoms. The predicted molar refractivity (Wildman–Crippen MR) is 75.6 cm³/mol. The molecular weight excluding hydrogens is 228 g/mol. The summed E-state index contributed by atoms with van der Waals surface area (Å²) in [4.78, 5) is 4.15. The highest BCUT2D eigenvalue weighted by atomic mass is 32.1. The summed E-state index contributed by atoms with van der Waals surface area (Å²) < 4.78 is 0. The van der Waals surface area contributed by atoms with Crippen LogP contribution in [0.5, 0.6) is 0 Å². The molecule has 2 heterocycles. The average Bonchev–Trinajstić information content (AvgIpc) is 3.00. The minimum absolute atomic E-state index is 0.613. The molecule has 0 amide bonds. The van der Waals surface area contributed by atoms with E-state index < -0.39 is 0 Å². The lowest BCUT2D eigenvalue weighted by atomic mass is 10.1. The van der Waals surface area contributed by atoms with Crippen LogP contribution in [0.2, 0.25) is 0 Å². The van der Waals surface area contributed by atoms with Crippen molar-refractivity contribution < 1.29 is 0 Å². The topological polar surface area (TPSA) is 15.3 Å². The number of likely N-dealkylation sites (N-methyl/N-ethyl adjacent to an activating group) is 1. The molecule has 2 nitrogen and oxygen atoms in total. The molecule has 0 saturated carbocycles. The van der Waals surface area contributed by atoms with Crippen LogP contribution in [-0.2, 0) is 0 Å². The van der Waals surface area contributed by atoms with Gasteiger partial charge in [0.1, 0.15) is 0 Å². The van der Waals surface area contributed by atoms with Crippen molar-refractivity contribution in [3.8, 4) is 0 Å². The van der Waals surface area contributed by atoms with Crippen LogP contribution in [0.25, 0.3) is 0 Å². The van der Waals surface area contributed by atoms with Crippen molar-refractivity contribution in [2.45, 2.75) is 45.2 Å². The molecule has 2 rings (SSSR count). The third-order valence-corrected chi connectivity index (χ3v) is 4.70. The summed E-state index contributed by atoms with van der Waals surface area (Å²) in [6.07, 6.45) is 3.90. The molecule has 1 aliphatic heterocycles. The normalized spacial score (nSPS) is 22.2. The molecule has 1 N–H and O–H groups in total. The molecule has 1 aromatic heterocycles. The molecule has 1 fully saturated rings. The number of nitrogens with zero attached hydrogens (tertiary/aromatic N) is 1. The van der Waals surface area contributed by atoms with E-state index in [1.807, 2.05) is 11.3 Å². The van der Waals surface area contributed by atoms with Crippen molar-refractivity contribution in [1.82, 2.24) is 10.2 Å². The SMILES string of the molecule is CCC(c1cccs1)N(CC)CC1CCCN1. The lowest BCUT2D eigenvalue weighted by Gasteiger charge is -2.31. The van der Waals surface area contributed by atoms with E-state index in [-0.39, 0.29) is 0 Å². The summed E-state index contributed by atoms with van der Waals surface area (Å²) in [7, 11) is 0. The van der Waals surface area contributed by atoms with Gasteiger partial charge >= 0.3 is 0 Å². The van der Waals surface area contributed by atoms with Crippen molar-refractivity contribution in [2.75, 3.05) is 19.6 Å². The first-order chi connectivity index (χ1) is 8.35. The van der Waals surface area contributed by atoms with Gasteiger partial charge in [-0.25, -0.2) is 0 Å². The van der Waals surface area contributed by atoms with Gasteiger partial charge in [0.2, 0.25) is 0 Å². The summed E-state index contributed by atoms with van der Waals surface area (Å²) in [5, 5.41) is 5.80. The fraction of sp³-hybridized carbons (Fsp3) is 0.714. The van der Waals surface area contributed by atoms with E-state index in [0.29, 0.717) is 12.1 Å². The van der Waals surface area contributed by atoms with Crippen molar-refractivity contribution in [1.29, 1.82) is 0 Å². The molecule has 2 unspecified atom stereocenters. The summed E-state index contributed by atoms with van der Waals surface area (Å²) in [6.45, 7) is 8.14. The lowest BCUT2D eigenvalue weighted by molar-refractivity contribution is 0.187. The van der Waals surface area contributed by atoms with Crippen LogP contribution in [0.1, 0.15) is 44.0 Å². The fourth-order valence-electron chi connectivity index (χ4n) is 2.79. The zero-order valence-corrected chi connectivity index (χ0v) is 11.8. The number of hydrogen-bond donors (Lipinski definition) is 1. The lowest BCUT2D eigenvalue weighted by Crippen LogP contribution is -2.39. The van der Waals surface area contributed by atoms with Gasteiger partial charge in [-0.3, -0.25) is 4.90 Å². The van der Waals surface area contributed by atoms with Crippen LogP contribution in [0, 0.1) is 0 Å². The molecule has 0 aliphatic carbocycles.